The van der Waals surface area contributed by atoms with Crippen molar-refractivity contribution in [1.29, 1.82) is 0 Å². The van der Waals surface area contributed by atoms with Gasteiger partial charge in [-0.05, 0) is 44.7 Å². The first-order chi connectivity index (χ1) is 10.7. The van der Waals surface area contributed by atoms with E-state index in [0.29, 0.717) is 12.3 Å². The number of likely N-dealkylation sites (tertiary alicyclic amines) is 1. The largest absolute Gasteiger partial charge is 0.381 e. The monoisotopic (exact) mass is 310 g/mol. The summed E-state index contributed by atoms with van der Waals surface area (Å²) in [5.74, 6) is 0.717. The summed E-state index contributed by atoms with van der Waals surface area (Å²) in [7, 11) is 0. The van der Waals surface area contributed by atoms with E-state index in [4.69, 9.17) is 4.74 Å². The Labute approximate surface area is 136 Å². The molecule has 2 heterocycles. The van der Waals surface area contributed by atoms with E-state index in [2.05, 4.69) is 24.1 Å². The molecule has 2 aliphatic rings. The van der Waals surface area contributed by atoms with E-state index in [0.717, 1.165) is 45.4 Å². The van der Waals surface area contributed by atoms with Gasteiger partial charge in [-0.2, -0.15) is 0 Å². The Balaban J connectivity index is 1.88. The summed E-state index contributed by atoms with van der Waals surface area (Å²) in [6.07, 6.45) is 9.01. The zero-order chi connectivity index (χ0) is 15.8. The summed E-state index contributed by atoms with van der Waals surface area (Å²) in [4.78, 5) is 14.9. The average molecular weight is 310 g/mol. The number of amides is 1. The van der Waals surface area contributed by atoms with Gasteiger partial charge in [0.25, 0.3) is 0 Å². The molecular weight excluding hydrogens is 276 g/mol. The second kappa shape index (κ2) is 8.88. The first-order valence-corrected chi connectivity index (χ1v) is 9.26. The molecule has 128 valence electrons. The Morgan fingerprint density at radius 2 is 1.91 bits per heavy atom. The maximum atomic E-state index is 12.2. The summed E-state index contributed by atoms with van der Waals surface area (Å²) >= 11 is 0. The molecule has 4 heteroatoms. The van der Waals surface area contributed by atoms with Crippen molar-refractivity contribution in [2.45, 2.75) is 70.8 Å². The molecule has 2 saturated heterocycles. The summed E-state index contributed by atoms with van der Waals surface area (Å²) in [6.45, 7) is 9.19. The highest BCUT2D eigenvalue weighted by molar-refractivity contribution is 5.76. The van der Waals surface area contributed by atoms with Gasteiger partial charge < -0.3 is 10.1 Å². The summed E-state index contributed by atoms with van der Waals surface area (Å²) in [5.41, 5.74) is 0.141. The molecule has 0 bridgehead atoms. The number of carbonyl (C=O) groups is 1. The van der Waals surface area contributed by atoms with Crippen molar-refractivity contribution in [2.75, 3.05) is 32.8 Å². The second-order valence-electron chi connectivity index (χ2n) is 7.26. The van der Waals surface area contributed by atoms with Gasteiger partial charge >= 0.3 is 0 Å². The molecular formula is C18H34N2O2. The quantitative estimate of drug-likeness (QED) is 0.786. The van der Waals surface area contributed by atoms with Gasteiger partial charge in [-0.15, -0.1) is 0 Å². The fourth-order valence-corrected chi connectivity index (χ4v) is 3.97. The smallest absolute Gasteiger partial charge is 0.220 e. The number of ether oxygens (including phenoxy) is 1. The molecule has 2 aliphatic heterocycles. The fraction of sp³-hybridized carbons (Fsp3) is 0.944. The topological polar surface area (TPSA) is 41.6 Å². The van der Waals surface area contributed by atoms with Crippen LogP contribution < -0.4 is 5.32 Å². The van der Waals surface area contributed by atoms with Gasteiger partial charge in [-0.3, -0.25) is 9.69 Å². The molecule has 1 amide bonds. The third kappa shape index (κ3) is 4.95. The van der Waals surface area contributed by atoms with Crippen LogP contribution in [-0.2, 0) is 9.53 Å². The van der Waals surface area contributed by atoms with Crippen LogP contribution in [-0.4, -0.2) is 49.2 Å². The van der Waals surface area contributed by atoms with E-state index < -0.39 is 0 Å². The molecule has 22 heavy (non-hydrogen) atoms. The van der Waals surface area contributed by atoms with Gasteiger partial charge in [0.2, 0.25) is 5.91 Å². The SMILES string of the molecule is CCCC(C)CC(=O)NCC1(N2CCCCC2)CCOCC1. The lowest BCUT2D eigenvalue weighted by atomic mass is 9.86. The first kappa shape index (κ1) is 17.7. The number of piperidine rings is 1. The van der Waals surface area contributed by atoms with Crippen LogP contribution in [0, 0.1) is 5.92 Å². The molecule has 1 atom stereocenters. The van der Waals surface area contributed by atoms with E-state index in [9.17, 15) is 4.79 Å². The van der Waals surface area contributed by atoms with Gasteiger partial charge in [0, 0.05) is 31.7 Å². The number of nitrogens with zero attached hydrogens (tertiary/aromatic N) is 1. The van der Waals surface area contributed by atoms with Gasteiger partial charge in [0.1, 0.15) is 0 Å². The predicted molar refractivity (Wildman–Crippen MR) is 89.9 cm³/mol. The first-order valence-electron chi connectivity index (χ1n) is 9.26. The molecule has 0 radical (unpaired) electrons. The minimum atomic E-state index is 0.141. The number of nitrogens with one attached hydrogen (secondary N) is 1. The number of carbonyl (C=O) groups excluding carboxylic acids is 1. The maximum Gasteiger partial charge on any atom is 0.220 e. The van der Waals surface area contributed by atoms with E-state index in [1.54, 1.807) is 0 Å². The Hall–Kier alpha value is -0.610. The van der Waals surface area contributed by atoms with E-state index in [-0.39, 0.29) is 11.4 Å². The minimum absolute atomic E-state index is 0.141. The molecule has 0 spiro atoms. The maximum absolute atomic E-state index is 12.2. The average Bonchev–Trinajstić information content (AvgIpc) is 2.55. The van der Waals surface area contributed by atoms with Crippen LogP contribution in [0.4, 0.5) is 0 Å². The van der Waals surface area contributed by atoms with Crippen LogP contribution in [0.3, 0.4) is 0 Å². The zero-order valence-electron chi connectivity index (χ0n) is 14.5. The molecule has 0 aromatic rings. The minimum Gasteiger partial charge on any atom is -0.381 e. The lowest BCUT2D eigenvalue weighted by molar-refractivity contribution is -0.123. The highest BCUT2D eigenvalue weighted by Crippen LogP contribution is 2.30. The van der Waals surface area contributed by atoms with Crippen molar-refractivity contribution >= 4 is 5.91 Å². The number of hydrogen-bond donors (Lipinski definition) is 1. The second-order valence-corrected chi connectivity index (χ2v) is 7.26. The van der Waals surface area contributed by atoms with Crippen LogP contribution in [0.1, 0.15) is 65.2 Å². The highest BCUT2D eigenvalue weighted by atomic mass is 16.5. The lowest BCUT2D eigenvalue weighted by Gasteiger charge is -2.48. The number of rotatable bonds is 7. The molecule has 1 unspecified atom stereocenters. The molecule has 2 fully saturated rings. The molecule has 2 rings (SSSR count). The zero-order valence-corrected chi connectivity index (χ0v) is 14.5. The van der Waals surface area contributed by atoms with Crippen molar-refractivity contribution in [2.24, 2.45) is 5.92 Å². The Morgan fingerprint density at radius 1 is 1.23 bits per heavy atom. The van der Waals surface area contributed by atoms with Crippen molar-refractivity contribution < 1.29 is 9.53 Å². The summed E-state index contributed by atoms with van der Waals surface area (Å²) in [5, 5.41) is 3.24. The third-order valence-electron chi connectivity index (χ3n) is 5.38. The Bertz CT molecular complexity index is 334. The summed E-state index contributed by atoms with van der Waals surface area (Å²) < 4.78 is 5.58. The molecule has 0 aromatic carbocycles. The third-order valence-corrected chi connectivity index (χ3v) is 5.38. The van der Waals surface area contributed by atoms with Crippen molar-refractivity contribution in [3.8, 4) is 0 Å². The van der Waals surface area contributed by atoms with Gasteiger partial charge in [-0.1, -0.05) is 33.1 Å². The summed E-state index contributed by atoms with van der Waals surface area (Å²) in [6, 6.07) is 0. The highest BCUT2D eigenvalue weighted by Gasteiger charge is 2.39. The van der Waals surface area contributed by atoms with Crippen LogP contribution >= 0.6 is 0 Å². The van der Waals surface area contributed by atoms with E-state index in [1.165, 1.54) is 32.4 Å². The van der Waals surface area contributed by atoms with Gasteiger partial charge in [0.15, 0.2) is 0 Å². The van der Waals surface area contributed by atoms with Crippen LogP contribution in [0.2, 0.25) is 0 Å². The molecule has 0 saturated carbocycles. The van der Waals surface area contributed by atoms with Crippen molar-refractivity contribution in [3.63, 3.8) is 0 Å². The van der Waals surface area contributed by atoms with E-state index in [1.807, 2.05) is 0 Å². The van der Waals surface area contributed by atoms with Crippen LogP contribution in [0.5, 0.6) is 0 Å². The van der Waals surface area contributed by atoms with Gasteiger partial charge in [0.05, 0.1) is 0 Å². The lowest BCUT2D eigenvalue weighted by Crippen LogP contribution is -2.59. The number of hydrogen-bond acceptors (Lipinski definition) is 3. The van der Waals surface area contributed by atoms with E-state index >= 15 is 0 Å². The molecule has 0 aromatic heterocycles. The van der Waals surface area contributed by atoms with Crippen molar-refractivity contribution in [3.05, 3.63) is 0 Å². The van der Waals surface area contributed by atoms with Crippen LogP contribution in [0.25, 0.3) is 0 Å². The Kier molecular flexibility index (Phi) is 7.16. The van der Waals surface area contributed by atoms with Crippen LogP contribution in [0.15, 0.2) is 0 Å². The predicted octanol–water partition coefficient (Wildman–Crippen LogP) is 2.96. The molecule has 0 aliphatic carbocycles. The fourth-order valence-electron chi connectivity index (χ4n) is 3.97. The van der Waals surface area contributed by atoms with Crippen molar-refractivity contribution in [1.82, 2.24) is 10.2 Å². The normalized spacial score (nSPS) is 23.9. The standard InChI is InChI=1S/C18H34N2O2/c1-3-7-16(2)14-17(21)19-15-18(8-12-22-13-9-18)20-10-5-4-6-11-20/h16H,3-15H2,1-2H3,(H,19,21). The Morgan fingerprint density at radius 3 is 2.55 bits per heavy atom. The molecule has 4 nitrogen and oxygen atoms in total. The van der Waals surface area contributed by atoms with Gasteiger partial charge in [-0.25, -0.2) is 0 Å². The molecule has 1 N–H and O–H groups in total.